The Labute approximate surface area is 152 Å². The Kier molecular flexibility index (Phi) is 5.06. The summed E-state index contributed by atoms with van der Waals surface area (Å²) in [5.74, 6) is 0.641. The number of nitrogens with one attached hydrogen (secondary N) is 1. The minimum atomic E-state index is 0. The Morgan fingerprint density at radius 3 is 2.72 bits per heavy atom. The summed E-state index contributed by atoms with van der Waals surface area (Å²) in [5, 5.41) is 7.84. The third-order valence-corrected chi connectivity index (χ3v) is 4.97. The van der Waals surface area contributed by atoms with Crippen molar-refractivity contribution < 1.29 is 4.79 Å². The molecule has 6 heteroatoms. The van der Waals surface area contributed by atoms with Gasteiger partial charge in [0.1, 0.15) is 0 Å². The second kappa shape index (κ2) is 7.25. The molecule has 1 fully saturated rings. The standard InChI is InChI=1S/C19H20N4O.ClH/c20-9-14-11-23(12-17(14)13-5-2-1-3-6-13)19(24)15-7-4-8-18-16(15)10-21-22-18;/h1-8,10,14,17H,9,11-12,20H2,(H,21,22);1H/t14-,17+;/m1./s1. The molecule has 2 atom stereocenters. The SMILES string of the molecule is Cl.NC[C@@H]1CN(C(=O)c2cccc3[nH]ncc23)C[C@H]1c1ccccc1. The number of rotatable bonds is 3. The van der Waals surface area contributed by atoms with Crippen LogP contribution in [0.15, 0.2) is 54.7 Å². The summed E-state index contributed by atoms with van der Waals surface area (Å²) in [6.45, 7) is 1.99. The molecule has 2 aromatic carbocycles. The fourth-order valence-corrected chi connectivity index (χ4v) is 3.68. The van der Waals surface area contributed by atoms with E-state index in [9.17, 15) is 4.79 Å². The van der Waals surface area contributed by atoms with Crippen molar-refractivity contribution >= 4 is 29.2 Å². The van der Waals surface area contributed by atoms with Gasteiger partial charge in [-0.15, -0.1) is 12.4 Å². The van der Waals surface area contributed by atoms with Crippen LogP contribution < -0.4 is 5.73 Å². The van der Waals surface area contributed by atoms with Gasteiger partial charge in [0, 0.05) is 24.4 Å². The predicted octanol–water partition coefficient (Wildman–Crippen LogP) is 2.80. The van der Waals surface area contributed by atoms with Gasteiger partial charge in [-0.25, -0.2) is 0 Å². The maximum Gasteiger partial charge on any atom is 0.254 e. The van der Waals surface area contributed by atoms with Gasteiger partial charge < -0.3 is 10.6 Å². The number of H-pyrrole nitrogens is 1. The monoisotopic (exact) mass is 356 g/mol. The number of nitrogens with zero attached hydrogens (tertiary/aromatic N) is 2. The lowest BCUT2D eigenvalue weighted by atomic mass is 9.89. The van der Waals surface area contributed by atoms with Crippen molar-refractivity contribution in [1.82, 2.24) is 15.1 Å². The number of halogens is 1. The Hall–Kier alpha value is -2.37. The van der Waals surface area contributed by atoms with Crippen LogP contribution in [0.3, 0.4) is 0 Å². The summed E-state index contributed by atoms with van der Waals surface area (Å²) in [6, 6.07) is 16.0. The molecule has 0 unspecified atom stereocenters. The summed E-state index contributed by atoms with van der Waals surface area (Å²) in [6.07, 6.45) is 1.72. The highest BCUT2D eigenvalue weighted by Gasteiger charge is 2.35. The van der Waals surface area contributed by atoms with Gasteiger partial charge >= 0.3 is 0 Å². The summed E-state index contributed by atoms with van der Waals surface area (Å²) in [7, 11) is 0. The van der Waals surface area contributed by atoms with Gasteiger partial charge in [-0.3, -0.25) is 9.89 Å². The first-order chi connectivity index (χ1) is 11.8. The van der Waals surface area contributed by atoms with Crippen LogP contribution in [-0.4, -0.2) is 40.6 Å². The van der Waals surface area contributed by atoms with E-state index < -0.39 is 0 Å². The minimum Gasteiger partial charge on any atom is -0.338 e. The first-order valence-corrected chi connectivity index (χ1v) is 8.24. The predicted molar refractivity (Wildman–Crippen MR) is 101 cm³/mol. The van der Waals surface area contributed by atoms with Crippen molar-refractivity contribution in [1.29, 1.82) is 0 Å². The molecule has 1 aliphatic rings. The van der Waals surface area contributed by atoms with Crippen LogP contribution >= 0.6 is 12.4 Å². The minimum absolute atomic E-state index is 0. The van der Waals surface area contributed by atoms with Gasteiger partial charge in [-0.1, -0.05) is 36.4 Å². The fraction of sp³-hybridized carbons (Fsp3) is 0.263. The second-order valence-electron chi connectivity index (χ2n) is 6.36. The van der Waals surface area contributed by atoms with Crippen molar-refractivity contribution in [3.63, 3.8) is 0 Å². The van der Waals surface area contributed by atoms with Crippen LogP contribution in [0, 0.1) is 5.92 Å². The van der Waals surface area contributed by atoms with E-state index >= 15 is 0 Å². The number of aromatic amines is 1. The normalized spacial score (nSPS) is 19.8. The molecule has 0 spiro atoms. The molecule has 3 aromatic rings. The van der Waals surface area contributed by atoms with Crippen LogP contribution in [0.25, 0.3) is 10.9 Å². The number of carbonyl (C=O) groups is 1. The second-order valence-corrected chi connectivity index (χ2v) is 6.36. The molecule has 25 heavy (non-hydrogen) atoms. The molecule has 130 valence electrons. The molecule has 0 saturated carbocycles. The van der Waals surface area contributed by atoms with Gasteiger partial charge in [0.05, 0.1) is 17.3 Å². The molecule has 1 amide bonds. The number of benzene rings is 2. The van der Waals surface area contributed by atoms with Crippen LogP contribution in [-0.2, 0) is 0 Å². The van der Waals surface area contributed by atoms with E-state index in [-0.39, 0.29) is 18.3 Å². The topological polar surface area (TPSA) is 75.0 Å². The summed E-state index contributed by atoms with van der Waals surface area (Å²) in [4.78, 5) is 15.0. The van der Waals surface area contributed by atoms with Crippen molar-refractivity contribution in [3.8, 4) is 0 Å². The third kappa shape index (κ3) is 3.13. The van der Waals surface area contributed by atoms with Crippen LogP contribution in [0.5, 0.6) is 0 Å². The van der Waals surface area contributed by atoms with E-state index in [1.54, 1.807) is 6.20 Å². The number of hydrogen-bond acceptors (Lipinski definition) is 3. The van der Waals surface area contributed by atoms with Gasteiger partial charge in [0.2, 0.25) is 0 Å². The number of aromatic nitrogens is 2. The van der Waals surface area contributed by atoms with Crippen molar-refractivity contribution in [3.05, 3.63) is 65.9 Å². The zero-order valence-corrected chi connectivity index (χ0v) is 14.6. The Bertz CT molecular complexity index is 864. The summed E-state index contributed by atoms with van der Waals surface area (Å²) in [5.41, 5.74) is 8.82. The number of hydrogen-bond donors (Lipinski definition) is 2. The van der Waals surface area contributed by atoms with E-state index in [1.165, 1.54) is 5.56 Å². The van der Waals surface area contributed by atoms with Crippen molar-refractivity contribution in [2.24, 2.45) is 11.7 Å². The van der Waals surface area contributed by atoms with Crippen molar-refractivity contribution in [2.45, 2.75) is 5.92 Å². The average molecular weight is 357 g/mol. The summed E-state index contributed by atoms with van der Waals surface area (Å²) < 4.78 is 0. The molecule has 1 aromatic heterocycles. The van der Waals surface area contributed by atoms with Gasteiger partial charge in [0.25, 0.3) is 5.91 Å². The first-order valence-electron chi connectivity index (χ1n) is 8.24. The first kappa shape index (κ1) is 17.5. The Morgan fingerprint density at radius 2 is 1.96 bits per heavy atom. The number of amides is 1. The Balaban J connectivity index is 0.00000182. The highest BCUT2D eigenvalue weighted by molar-refractivity contribution is 6.06. The quantitative estimate of drug-likeness (QED) is 0.757. The molecule has 1 aliphatic heterocycles. The largest absolute Gasteiger partial charge is 0.338 e. The van der Waals surface area contributed by atoms with E-state index in [0.29, 0.717) is 37.0 Å². The van der Waals surface area contributed by atoms with Gasteiger partial charge in [-0.05, 0) is 30.2 Å². The highest BCUT2D eigenvalue weighted by atomic mass is 35.5. The third-order valence-electron chi connectivity index (χ3n) is 4.97. The maximum atomic E-state index is 13.0. The summed E-state index contributed by atoms with van der Waals surface area (Å²) >= 11 is 0. The van der Waals surface area contributed by atoms with Crippen LogP contribution in [0.2, 0.25) is 0 Å². The molecule has 1 saturated heterocycles. The van der Waals surface area contributed by atoms with Crippen LogP contribution in [0.1, 0.15) is 21.8 Å². The van der Waals surface area contributed by atoms with Crippen molar-refractivity contribution in [2.75, 3.05) is 19.6 Å². The number of fused-ring (bicyclic) bond motifs is 1. The molecular formula is C19H21ClN4O. The zero-order chi connectivity index (χ0) is 16.5. The fourth-order valence-electron chi connectivity index (χ4n) is 3.68. The number of likely N-dealkylation sites (tertiary alicyclic amines) is 1. The molecular weight excluding hydrogens is 336 g/mol. The molecule has 2 heterocycles. The number of carbonyl (C=O) groups excluding carboxylic acids is 1. The lowest BCUT2D eigenvalue weighted by Crippen LogP contribution is -2.29. The molecule has 3 N–H and O–H groups in total. The molecule has 0 radical (unpaired) electrons. The lowest BCUT2D eigenvalue weighted by Gasteiger charge is -2.17. The Morgan fingerprint density at radius 1 is 1.16 bits per heavy atom. The molecule has 0 aliphatic carbocycles. The van der Waals surface area contributed by atoms with E-state index in [1.807, 2.05) is 41.3 Å². The molecule has 0 bridgehead atoms. The maximum absolute atomic E-state index is 13.0. The number of nitrogens with two attached hydrogens (primary N) is 1. The van der Waals surface area contributed by atoms with E-state index in [2.05, 4.69) is 22.3 Å². The van der Waals surface area contributed by atoms with E-state index in [0.717, 1.165) is 10.9 Å². The lowest BCUT2D eigenvalue weighted by molar-refractivity contribution is 0.0788. The average Bonchev–Trinajstić information content (AvgIpc) is 3.28. The van der Waals surface area contributed by atoms with Crippen LogP contribution in [0.4, 0.5) is 0 Å². The highest BCUT2D eigenvalue weighted by Crippen LogP contribution is 2.33. The van der Waals surface area contributed by atoms with E-state index in [4.69, 9.17) is 5.73 Å². The molecule has 4 rings (SSSR count). The molecule has 5 nitrogen and oxygen atoms in total. The smallest absolute Gasteiger partial charge is 0.254 e. The zero-order valence-electron chi connectivity index (χ0n) is 13.8. The van der Waals surface area contributed by atoms with Gasteiger partial charge in [-0.2, -0.15) is 5.10 Å². The van der Waals surface area contributed by atoms with Gasteiger partial charge in [0.15, 0.2) is 0 Å².